The fraction of sp³-hybridized carbons (Fsp3) is 0.462. The summed E-state index contributed by atoms with van der Waals surface area (Å²) in [6.07, 6.45) is 4.80. The van der Waals surface area contributed by atoms with Gasteiger partial charge >= 0.3 is 0 Å². The molecule has 3 fully saturated rings. The van der Waals surface area contributed by atoms with Crippen LogP contribution in [0.4, 0.5) is 0 Å². The Balaban J connectivity index is 1.74. The van der Waals surface area contributed by atoms with E-state index in [-0.39, 0.29) is 34.2 Å². The van der Waals surface area contributed by atoms with Crippen LogP contribution in [0.2, 0.25) is 0 Å². The third-order valence-corrected chi connectivity index (χ3v) is 8.08. The average molecular weight is 405 g/mol. The minimum atomic E-state index is -0.329. The fourth-order valence-corrected chi connectivity index (χ4v) is 7.04. The number of carbonyl (C=O) groups is 2. The van der Waals surface area contributed by atoms with Crippen LogP contribution < -0.4 is 9.47 Å². The van der Waals surface area contributed by atoms with E-state index >= 15 is 0 Å². The van der Waals surface area contributed by atoms with Crippen molar-refractivity contribution in [2.75, 3.05) is 14.2 Å². The van der Waals surface area contributed by atoms with E-state index in [4.69, 9.17) is 9.47 Å². The van der Waals surface area contributed by atoms with Crippen molar-refractivity contribution in [3.8, 4) is 11.5 Å². The number of methoxy groups -OCH3 is 2. The predicted octanol–water partition coefficient (Wildman–Crippen LogP) is 4.63. The number of benzene rings is 2. The second-order valence-electron chi connectivity index (χ2n) is 8.99. The molecule has 4 atom stereocenters. The van der Waals surface area contributed by atoms with E-state index in [0.29, 0.717) is 12.8 Å². The molecule has 30 heavy (non-hydrogen) atoms. The summed E-state index contributed by atoms with van der Waals surface area (Å²) < 4.78 is 10.8. The minimum absolute atomic E-state index is 0.213. The topological polar surface area (TPSA) is 52.6 Å². The Morgan fingerprint density at radius 3 is 1.37 bits per heavy atom. The van der Waals surface area contributed by atoms with E-state index in [1.165, 1.54) is 11.1 Å². The maximum atomic E-state index is 13.2. The first-order valence-electron chi connectivity index (χ1n) is 10.9. The van der Waals surface area contributed by atoms with Crippen LogP contribution in [0.15, 0.2) is 48.5 Å². The zero-order valence-electron chi connectivity index (χ0n) is 17.6. The van der Waals surface area contributed by atoms with Crippen molar-refractivity contribution in [1.29, 1.82) is 0 Å². The largest absolute Gasteiger partial charge is 0.497 e. The second-order valence-corrected chi connectivity index (χ2v) is 8.99. The molecule has 5 rings (SSSR count). The Bertz CT molecular complexity index is 896. The highest BCUT2D eigenvalue weighted by Crippen LogP contribution is 2.73. The van der Waals surface area contributed by atoms with Gasteiger partial charge in [0.2, 0.25) is 0 Å². The van der Waals surface area contributed by atoms with E-state index in [1.807, 2.05) is 24.3 Å². The molecular formula is C26H28O4. The first-order valence-corrected chi connectivity index (χ1v) is 10.9. The molecule has 2 aromatic rings. The monoisotopic (exact) mass is 404 g/mol. The molecule has 0 unspecified atom stereocenters. The van der Waals surface area contributed by atoms with Crippen LogP contribution in [0.3, 0.4) is 0 Å². The molecule has 0 radical (unpaired) electrons. The zero-order valence-corrected chi connectivity index (χ0v) is 17.6. The molecule has 4 heteroatoms. The molecule has 4 nitrogen and oxygen atoms in total. The summed E-state index contributed by atoms with van der Waals surface area (Å²) >= 11 is 0. The number of fused-ring (bicyclic) bond motifs is 4. The molecule has 2 aromatic carbocycles. The van der Waals surface area contributed by atoms with E-state index in [2.05, 4.69) is 24.3 Å². The summed E-state index contributed by atoms with van der Waals surface area (Å²) in [4.78, 5) is 26.5. The summed E-state index contributed by atoms with van der Waals surface area (Å²) in [5, 5.41) is 0. The molecule has 156 valence electrons. The van der Waals surface area contributed by atoms with Gasteiger partial charge in [-0.25, -0.2) is 0 Å². The van der Waals surface area contributed by atoms with Crippen molar-refractivity contribution in [2.45, 2.75) is 49.4 Å². The van der Waals surface area contributed by atoms with Crippen LogP contribution in [0.5, 0.6) is 11.5 Å². The predicted molar refractivity (Wildman–Crippen MR) is 114 cm³/mol. The van der Waals surface area contributed by atoms with Gasteiger partial charge in [0.1, 0.15) is 23.1 Å². The van der Waals surface area contributed by atoms with Gasteiger partial charge in [0.25, 0.3) is 0 Å². The van der Waals surface area contributed by atoms with E-state index in [0.717, 1.165) is 37.2 Å². The van der Waals surface area contributed by atoms with Crippen LogP contribution in [-0.4, -0.2) is 25.8 Å². The lowest BCUT2D eigenvalue weighted by molar-refractivity contribution is -0.175. The summed E-state index contributed by atoms with van der Waals surface area (Å²) in [6.45, 7) is 0. The Hall–Kier alpha value is -2.62. The van der Waals surface area contributed by atoms with Gasteiger partial charge in [-0.15, -0.1) is 0 Å². The molecule has 3 aliphatic carbocycles. The minimum Gasteiger partial charge on any atom is -0.497 e. The van der Waals surface area contributed by atoms with Gasteiger partial charge in [-0.1, -0.05) is 24.3 Å². The molecule has 0 aromatic heterocycles. The third kappa shape index (κ3) is 2.33. The van der Waals surface area contributed by atoms with Gasteiger partial charge in [-0.3, -0.25) is 9.59 Å². The number of ether oxygens (including phenoxy) is 2. The number of hydrogen-bond donors (Lipinski definition) is 0. The number of Topliss-reactive ketones (excluding diaryl/α,β-unsaturated/α-hetero) is 2. The van der Waals surface area contributed by atoms with E-state index < -0.39 is 0 Å². The highest BCUT2D eigenvalue weighted by atomic mass is 16.5. The third-order valence-electron chi connectivity index (χ3n) is 8.08. The molecule has 0 bridgehead atoms. The van der Waals surface area contributed by atoms with Gasteiger partial charge in [0.15, 0.2) is 0 Å². The fourth-order valence-electron chi connectivity index (χ4n) is 7.04. The van der Waals surface area contributed by atoms with E-state index in [1.54, 1.807) is 14.2 Å². The van der Waals surface area contributed by atoms with Crippen LogP contribution in [-0.2, 0) is 20.4 Å². The normalized spacial score (nSPS) is 32.6. The van der Waals surface area contributed by atoms with Crippen LogP contribution in [0.25, 0.3) is 0 Å². The highest BCUT2D eigenvalue weighted by Gasteiger charge is 2.76. The van der Waals surface area contributed by atoms with Crippen molar-refractivity contribution >= 4 is 11.6 Å². The summed E-state index contributed by atoms with van der Waals surface area (Å²) in [7, 11) is 3.33. The Morgan fingerprint density at radius 2 is 1.03 bits per heavy atom. The van der Waals surface area contributed by atoms with Crippen molar-refractivity contribution < 1.29 is 19.1 Å². The first kappa shape index (κ1) is 19.3. The quantitative estimate of drug-likeness (QED) is 0.745. The molecule has 0 N–H and O–H groups in total. The van der Waals surface area contributed by atoms with Crippen molar-refractivity contribution in [1.82, 2.24) is 0 Å². The number of hydrogen-bond acceptors (Lipinski definition) is 4. The Kier molecular flexibility index (Phi) is 4.49. The maximum absolute atomic E-state index is 13.2. The summed E-state index contributed by atoms with van der Waals surface area (Å²) in [6, 6.07) is 16.4. The summed E-state index contributed by atoms with van der Waals surface area (Å²) in [5.74, 6) is 1.72. The van der Waals surface area contributed by atoms with Crippen LogP contribution in [0.1, 0.15) is 49.7 Å². The average Bonchev–Trinajstić information content (AvgIpc) is 2.77. The molecule has 0 amide bonds. The number of rotatable bonds is 4. The molecule has 3 saturated carbocycles. The van der Waals surface area contributed by atoms with Crippen LogP contribution in [0, 0.1) is 11.8 Å². The molecule has 0 spiro atoms. The molecule has 3 aliphatic rings. The second kappa shape index (κ2) is 6.97. The van der Waals surface area contributed by atoms with Gasteiger partial charge in [0, 0.05) is 35.5 Å². The lowest BCUT2D eigenvalue weighted by Crippen LogP contribution is -2.76. The van der Waals surface area contributed by atoms with Crippen molar-refractivity contribution in [2.24, 2.45) is 11.8 Å². The highest BCUT2D eigenvalue weighted by molar-refractivity contribution is 5.97. The standard InChI is InChI=1S/C26H28O4/c1-29-19-11-7-17(8-12-19)25-15-3-5-21(27)23(25)24-22(28)6-4-16-26(24,25)18-9-13-20(30-2)14-10-18/h7-14,23-24H,3-6,15-16H2,1-2H3/t23-,24-,25-,26-/m1/s1. The van der Waals surface area contributed by atoms with Gasteiger partial charge in [0.05, 0.1) is 14.2 Å². The first-order chi connectivity index (χ1) is 14.6. The van der Waals surface area contributed by atoms with Crippen molar-refractivity contribution in [3.05, 3.63) is 59.7 Å². The van der Waals surface area contributed by atoms with Gasteiger partial charge < -0.3 is 9.47 Å². The Morgan fingerprint density at radius 1 is 0.667 bits per heavy atom. The smallest absolute Gasteiger partial charge is 0.137 e. The molecule has 0 aliphatic heterocycles. The van der Waals surface area contributed by atoms with Gasteiger partial charge in [-0.05, 0) is 61.1 Å². The van der Waals surface area contributed by atoms with Crippen molar-refractivity contribution in [3.63, 3.8) is 0 Å². The van der Waals surface area contributed by atoms with E-state index in [9.17, 15) is 9.59 Å². The molecule has 0 heterocycles. The molecular weight excluding hydrogens is 376 g/mol. The number of carbonyl (C=O) groups excluding carboxylic acids is 2. The lowest BCUT2D eigenvalue weighted by atomic mass is 9.29. The zero-order chi connectivity index (χ0) is 20.9. The SMILES string of the molecule is COc1ccc([C@]23CCCC(=O)[C@@H]2[C@H]2C(=O)CCC[C@@]23c2ccc(OC)cc2)cc1. The van der Waals surface area contributed by atoms with Crippen LogP contribution >= 0.6 is 0 Å². The summed E-state index contributed by atoms with van der Waals surface area (Å²) in [5.41, 5.74) is 1.68. The maximum Gasteiger partial charge on any atom is 0.137 e. The lowest BCUT2D eigenvalue weighted by Gasteiger charge is -2.72. The number of ketones is 2. The Labute approximate surface area is 177 Å². The van der Waals surface area contributed by atoms with Gasteiger partial charge in [-0.2, -0.15) is 0 Å². The molecule has 0 saturated heterocycles.